The van der Waals surface area contributed by atoms with Gasteiger partial charge in [0.2, 0.25) is 0 Å². The van der Waals surface area contributed by atoms with E-state index in [1.54, 1.807) is 0 Å². The van der Waals surface area contributed by atoms with Gasteiger partial charge in [-0.15, -0.1) is 0 Å². The Labute approximate surface area is 84.9 Å². The first kappa shape index (κ1) is 9.25. The summed E-state index contributed by atoms with van der Waals surface area (Å²) < 4.78 is 1.85. The first-order valence-electron chi connectivity index (χ1n) is 5.05. The van der Waals surface area contributed by atoms with Crippen LogP contribution in [0.5, 0.6) is 0 Å². The Hall–Kier alpha value is -1.31. The molecule has 1 aliphatic rings. The van der Waals surface area contributed by atoms with Crippen molar-refractivity contribution in [2.24, 2.45) is 13.0 Å². The first-order chi connectivity index (χ1) is 6.66. The average Bonchev–Trinajstić information content (AvgIpc) is 2.56. The van der Waals surface area contributed by atoms with Crippen LogP contribution < -0.4 is 0 Å². The SMILES string of the molecule is CC1=CCC(C)C=C1c1cnn(C)c1. The van der Waals surface area contributed by atoms with E-state index in [1.807, 2.05) is 17.9 Å². The van der Waals surface area contributed by atoms with Crippen molar-refractivity contribution in [2.45, 2.75) is 20.3 Å². The monoisotopic (exact) mass is 188 g/mol. The second-order valence-electron chi connectivity index (χ2n) is 4.08. The van der Waals surface area contributed by atoms with Crippen LogP contribution in [0.25, 0.3) is 5.57 Å². The molecule has 1 atom stereocenters. The molecule has 0 amide bonds. The molecule has 14 heavy (non-hydrogen) atoms. The number of allylic oxidation sites excluding steroid dienone is 4. The van der Waals surface area contributed by atoms with Gasteiger partial charge in [-0.2, -0.15) is 5.10 Å². The van der Waals surface area contributed by atoms with Crippen molar-refractivity contribution < 1.29 is 0 Å². The molecule has 2 heteroatoms. The zero-order chi connectivity index (χ0) is 10.1. The van der Waals surface area contributed by atoms with Gasteiger partial charge in [0, 0.05) is 18.8 Å². The molecule has 74 valence electrons. The lowest BCUT2D eigenvalue weighted by Crippen LogP contribution is -1.98. The highest BCUT2D eigenvalue weighted by atomic mass is 15.2. The van der Waals surface area contributed by atoms with E-state index in [1.165, 1.54) is 16.7 Å². The van der Waals surface area contributed by atoms with Gasteiger partial charge < -0.3 is 0 Å². The van der Waals surface area contributed by atoms with Crippen LogP contribution in [0.3, 0.4) is 0 Å². The van der Waals surface area contributed by atoms with Gasteiger partial charge in [0.15, 0.2) is 0 Å². The van der Waals surface area contributed by atoms with E-state index in [2.05, 4.69) is 37.3 Å². The minimum absolute atomic E-state index is 0.647. The third-order valence-corrected chi connectivity index (χ3v) is 2.69. The van der Waals surface area contributed by atoms with Crippen molar-refractivity contribution in [2.75, 3.05) is 0 Å². The van der Waals surface area contributed by atoms with E-state index in [0.717, 1.165) is 6.42 Å². The highest BCUT2D eigenvalue weighted by Gasteiger charge is 2.12. The van der Waals surface area contributed by atoms with E-state index in [4.69, 9.17) is 0 Å². The van der Waals surface area contributed by atoms with Crippen molar-refractivity contribution in [3.63, 3.8) is 0 Å². The van der Waals surface area contributed by atoms with Crippen LogP contribution >= 0.6 is 0 Å². The summed E-state index contributed by atoms with van der Waals surface area (Å²) in [6.07, 6.45) is 9.82. The molecule has 0 saturated heterocycles. The summed E-state index contributed by atoms with van der Waals surface area (Å²) in [5.74, 6) is 0.647. The first-order valence-corrected chi connectivity index (χ1v) is 5.05. The molecule has 2 nitrogen and oxygen atoms in total. The van der Waals surface area contributed by atoms with Crippen molar-refractivity contribution in [1.29, 1.82) is 0 Å². The molecule has 0 bridgehead atoms. The van der Waals surface area contributed by atoms with E-state index in [-0.39, 0.29) is 0 Å². The zero-order valence-electron chi connectivity index (χ0n) is 8.99. The van der Waals surface area contributed by atoms with Gasteiger partial charge >= 0.3 is 0 Å². The smallest absolute Gasteiger partial charge is 0.0568 e. The standard InChI is InChI=1S/C12H16N2/c1-9-4-5-10(2)12(6-9)11-7-13-14(3)8-11/h5-9H,4H2,1-3H3. The summed E-state index contributed by atoms with van der Waals surface area (Å²) in [6.45, 7) is 4.42. The van der Waals surface area contributed by atoms with Crippen LogP contribution in [0.4, 0.5) is 0 Å². The topological polar surface area (TPSA) is 17.8 Å². The molecule has 1 unspecified atom stereocenters. The number of aryl methyl sites for hydroxylation is 1. The summed E-state index contributed by atoms with van der Waals surface area (Å²) in [5, 5.41) is 4.20. The molecule has 1 aliphatic carbocycles. The van der Waals surface area contributed by atoms with E-state index >= 15 is 0 Å². The fraction of sp³-hybridized carbons (Fsp3) is 0.417. The maximum Gasteiger partial charge on any atom is 0.0568 e. The number of aromatic nitrogens is 2. The van der Waals surface area contributed by atoms with Crippen molar-refractivity contribution >= 4 is 5.57 Å². The number of hydrogen-bond donors (Lipinski definition) is 0. The Morgan fingerprint density at radius 3 is 2.93 bits per heavy atom. The van der Waals surface area contributed by atoms with Crippen LogP contribution in [0, 0.1) is 5.92 Å². The lowest BCUT2D eigenvalue weighted by molar-refractivity contribution is 0.734. The predicted molar refractivity (Wildman–Crippen MR) is 58.7 cm³/mol. The highest BCUT2D eigenvalue weighted by Crippen LogP contribution is 2.29. The number of rotatable bonds is 1. The van der Waals surface area contributed by atoms with Gasteiger partial charge in [-0.1, -0.05) is 19.1 Å². The van der Waals surface area contributed by atoms with Crippen molar-refractivity contribution in [1.82, 2.24) is 9.78 Å². The van der Waals surface area contributed by atoms with Gasteiger partial charge in [0.05, 0.1) is 6.20 Å². The Kier molecular flexibility index (Phi) is 2.28. The zero-order valence-corrected chi connectivity index (χ0v) is 8.99. The second-order valence-corrected chi connectivity index (χ2v) is 4.08. The minimum Gasteiger partial charge on any atom is -0.275 e. The summed E-state index contributed by atoms with van der Waals surface area (Å²) in [6, 6.07) is 0. The van der Waals surface area contributed by atoms with Gasteiger partial charge in [-0.05, 0) is 30.4 Å². The molecular weight excluding hydrogens is 172 g/mol. The normalized spacial score (nSPS) is 21.8. The molecule has 0 radical (unpaired) electrons. The summed E-state index contributed by atoms with van der Waals surface area (Å²) >= 11 is 0. The molecule has 1 heterocycles. The minimum atomic E-state index is 0.647. The highest BCUT2D eigenvalue weighted by molar-refractivity contribution is 5.78. The van der Waals surface area contributed by atoms with Crippen LogP contribution in [0.2, 0.25) is 0 Å². The summed E-state index contributed by atoms with van der Waals surface area (Å²) in [4.78, 5) is 0. The summed E-state index contributed by atoms with van der Waals surface area (Å²) in [7, 11) is 1.95. The van der Waals surface area contributed by atoms with E-state index < -0.39 is 0 Å². The Balaban J connectivity index is 2.38. The van der Waals surface area contributed by atoms with Crippen molar-refractivity contribution in [3.8, 4) is 0 Å². The molecular formula is C12H16N2. The second kappa shape index (κ2) is 3.45. The van der Waals surface area contributed by atoms with E-state index in [9.17, 15) is 0 Å². The fourth-order valence-electron chi connectivity index (χ4n) is 1.84. The lowest BCUT2D eigenvalue weighted by Gasteiger charge is -2.15. The van der Waals surface area contributed by atoms with Gasteiger partial charge in [-0.3, -0.25) is 4.68 Å². The molecule has 2 rings (SSSR count). The molecule has 0 aliphatic heterocycles. The fourth-order valence-corrected chi connectivity index (χ4v) is 1.84. The number of nitrogens with zero attached hydrogens (tertiary/aromatic N) is 2. The van der Waals surface area contributed by atoms with Crippen LogP contribution in [0.15, 0.2) is 30.1 Å². The predicted octanol–water partition coefficient (Wildman–Crippen LogP) is 2.79. The molecule has 0 saturated carbocycles. The molecule has 0 fully saturated rings. The van der Waals surface area contributed by atoms with Gasteiger partial charge in [0.25, 0.3) is 0 Å². The molecule has 1 aromatic rings. The molecule has 0 aromatic carbocycles. The Morgan fingerprint density at radius 2 is 2.29 bits per heavy atom. The van der Waals surface area contributed by atoms with Crippen LogP contribution in [-0.4, -0.2) is 9.78 Å². The Morgan fingerprint density at radius 1 is 1.50 bits per heavy atom. The largest absolute Gasteiger partial charge is 0.275 e. The molecule has 0 spiro atoms. The molecule has 1 aromatic heterocycles. The lowest BCUT2D eigenvalue weighted by atomic mass is 9.90. The quantitative estimate of drug-likeness (QED) is 0.662. The molecule has 0 N–H and O–H groups in total. The van der Waals surface area contributed by atoms with E-state index in [0.29, 0.717) is 5.92 Å². The van der Waals surface area contributed by atoms with Crippen LogP contribution in [0.1, 0.15) is 25.8 Å². The van der Waals surface area contributed by atoms with Gasteiger partial charge in [-0.25, -0.2) is 0 Å². The van der Waals surface area contributed by atoms with Crippen molar-refractivity contribution in [3.05, 3.63) is 35.7 Å². The van der Waals surface area contributed by atoms with Crippen LogP contribution in [-0.2, 0) is 7.05 Å². The third kappa shape index (κ3) is 1.65. The Bertz CT molecular complexity index is 396. The maximum absolute atomic E-state index is 4.20. The average molecular weight is 188 g/mol. The third-order valence-electron chi connectivity index (χ3n) is 2.69. The summed E-state index contributed by atoms with van der Waals surface area (Å²) in [5.41, 5.74) is 3.95. The maximum atomic E-state index is 4.20. The number of hydrogen-bond acceptors (Lipinski definition) is 1. The van der Waals surface area contributed by atoms with Gasteiger partial charge in [0.1, 0.15) is 0 Å².